The number of nitrogens with two attached hydrogens (primary N) is 1. The van der Waals surface area contributed by atoms with Crippen LogP contribution >= 0.6 is 23.1 Å². The molecule has 3 heterocycles. The summed E-state index contributed by atoms with van der Waals surface area (Å²) >= 11 is 2.31. The van der Waals surface area contributed by atoms with Crippen molar-refractivity contribution < 1.29 is 38.6 Å². The number of hydrogen-bond donors (Lipinski definition) is 4. The Morgan fingerprint density at radius 3 is 2.61 bits per heavy atom. The number of aliphatic carboxylic acids is 1. The molecule has 0 spiro atoms. The van der Waals surface area contributed by atoms with Crippen LogP contribution in [0.15, 0.2) is 22.7 Å². The van der Waals surface area contributed by atoms with Gasteiger partial charge in [-0.25, -0.2) is 19.4 Å². The highest BCUT2D eigenvalue weighted by molar-refractivity contribution is 8.00. The summed E-state index contributed by atoms with van der Waals surface area (Å²) in [6.45, 7) is 6.43. The summed E-state index contributed by atoms with van der Waals surface area (Å²) in [6, 6.07) is -0.969. The van der Waals surface area contributed by atoms with Crippen LogP contribution in [0.2, 0.25) is 0 Å². The second-order valence-corrected chi connectivity index (χ2v) is 10.6. The second-order valence-electron chi connectivity index (χ2n) is 8.59. The SMILES string of the molecule is C/C=C(\C(=O)NC1C(=O)N2C(C(=O)O)=C(COC(N)=O)CS[C@H]12)c1csc(NC(=O)OC(C)(C)C)n1. The van der Waals surface area contributed by atoms with Crippen LogP contribution in [0.25, 0.3) is 5.57 Å². The van der Waals surface area contributed by atoms with E-state index >= 15 is 0 Å². The van der Waals surface area contributed by atoms with E-state index < -0.39 is 47.0 Å². The Morgan fingerprint density at radius 1 is 1.33 bits per heavy atom. The van der Waals surface area contributed by atoms with Gasteiger partial charge in [-0.3, -0.25) is 19.8 Å². The fourth-order valence-electron chi connectivity index (χ4n) is 3.41. The Labute approximate surface area is 214 Å². The van der Waals surface area contributed by atoms with Gasteiger partial charge in [-0.15, -0.1) is 23.1 Å². The highest BCUT2D eigenvalue weighted by Gasteiger charge is 2.54. The predicted molar refractivity (Wildman–Crippen MR) is 131 cm³/mol. The monoisotopic (exact) mass is 539 g/mol. The van der Waals surface area contributed by atoms with Gasteiger partial charge in [0.2, 0.25) is 0 Å². The number of allylic oxidation sites excluding steroid dienone is 1. The number of nitrogens with zero attached hydrogens (tertiary/aromatic N) is 2. The Hall–Kier alpha value is -3.59. The number of anilines is 1. The molecule has 2 aliphatic heterocycles. The molecule has 0 radical (unpaired) electrons. The van der Waals surface area contributed by atoms with Crippen molar-refractivity contribution in [3.63, 3.8) is 0 Å². The lowest BCUT2D eigenvalue weighted by Gasteiger charge is -2.49. The van der Waals surface area contributed by atoms with Gasteiger partial charge in [0, 0.05) is 16.7 Å². The number of amides is 4. The maximum Gasteiger partial charge on any atom is 0.413 e. The molecule has 1 saturated heterocycles. The van der Waals surface area contributed by atoms with Gasteiger partial charge in [-0.2, -0.15) is 0 Å². The summed E-state index contributed by atoms with van der Waals surface area (Å²) in [5.74, 6) is -2.40. The molecular formula is C21H25N5O8S2. The van der Waals surface area contributed by atoms with Crippen molar-refractivity contribution >= 4 is 63.8 Å². The number of carbonyl (C=O) groups excluding carboxylic acids is 4. The summed E-state index contributed by atoms with van der Waals surface area (Å²) in [5.41, 5.74) is 4.64. The molecular weight excluding hydrogens is 514 g/mol. The normalized spacial score (nSPS) is 19.7. The van der Waals surface area contributed by atoms with Crippen LogP contribution in [0, 0.1) is 0 Å². The predicted octanol–water partition coefficient (Wildman–Crippen LogP) is 1.73. The molecule has 0 saturated carbocycles. The fraction of sp³-hybridized carbons (Fsp3) is 0.429. The topological polar surface area (TPSA) is 190 Å². The van der Waals surface area contributed by atoms with E-state index in [9.17, 15) is 29.1 Å². The van der Waals surface area contributed by atoms with Crippen molar-refractivity contribution in [2.45, 2.75) is 44.7 Å². The Kier molecular flexibility index (Phi) is 7.93. The Bertz CT molecular complexity index is 1170. The molecule has 0 aliphatic carbocycles. The molecule has 194 valence electrons. The van der Waals surface area contributed by atoms with Crippen LogP contribution in [0.4, 0.5) is 14.7 Å². The van der Waals surface area contributed by atoms with Gasteiger partial charge >= 0.3 is 18.2 Å². The number of rotatable bonds is 7. The summed E-state index contributed by atoms with van der Waals surface area (Å²) in [7, 11) is 0. The first kappa shape index (κ1) is 27.0. The molecule has 1 aromatic heterocycles. The highest BCUT2D eigenvalue weighted by Crippen LogP contribution is 2.40. The van der Waals surface area contributed by atoms with E-state index in [1.807, 2.05) is 0 Å². The van der Waals surface area contributed by atoms with Crippen molar-refractivity contribution in [2.24, 2.45) is 5.73 Å². The van der Waals surface area contributed by atoms with Gasteiger partial charge in [-0.05, 0) is 27.7 Å². The van der Waals surface area contributed by atoms with Crippen molar-refractivity contribution in [2.75, 3.05) is 17.7 Å². The van der Waals surface area contributed by atoms with E-state index in [4.69, 9.17) is 10.5 Å². The number of fused-ring (bicyclic) bond motifs is 1. The number of ether oxygens (including phenoxy) is 2. The maximum atomic E-state index is 13.0. The number of thiazole rings is 1. The van der Waals surface area contributed by atoms with E-state index in [2.05, 4.69) is 20.4 Å². The number of carboxylic acid groups (broad SMARTS) is 1. The third-order valence-corrected chi connectivity index (χ3v) is 6.94. The van der Waals surface area contributed by atoms with Crippen molar-refractivity contribution in [3.05, 3.63) is 28.4 Å². The first-order valence-electron chi connectivity index (χ1n) is 10.6. The molecule has 1 aromatic rings. The summed E-state index contributed by atoms with van der Waals surface area (Å²) in [4.78, 5) is 65.7. The van der Waals surface area contributed by atoms with Crippen LogP contribution in [0.1, 0.15) is 33.4 Å². The average molecular weight is 540 g/mol. The molecule has 36 heavy (non-hydrogen) atoms. The molecule has 2 aliphatic rings. The third-order valence-electron chi connectivity index (χ3n) is 4.85. The van der Waals surface area contributed by atoms with Crippen molar-refractivity contribution in [1.29, 1.82) is 0 Å². The average Bonchev–Trinajstić information content (AvgIpc) is 3.21. The van der Waals surface area contributed by atoms with E-state index in [1.165, 1.54) is 17.8 Å². The van der Waals surface area contributed by atoms with Gasteiger partial charge in [0.05, 0.1) is 11.3 Å². The van der Waals surface area contributed by atoms with Gasteiger partial charge in [0.25, 0.3) is 11.8 Å². The van der Waals surface area contributed by atoms with E-state index in [1.54, 1.807) is 33.1 Å². The van der Waals surface area contributed by atoms with Crippen molar-refractivity contribution in [3.8, 4) is 0 Å². The number of thioether (sulfide) groups is 1. The minimum Gasteiger partial charge on any atom is -0.477 e. The molecule has 0 aromatic carbocycles. The lowest BCUT2D eigenvalue weighted by molar-refractivity contribution is -0.150. The van der Waals surface area contributed by atoms with Gasteiger partial charge in [0.1, 0.15) is 29.3 Å². The van der Waals surface area contributed by atoms with Crippen LogP contribution in [0.3, 0.4) is 0 Å². The van der Waals surface area contributed by atoms with E-state index in [-0.39, 0.29) is 40.0 Å². The standard InChI is InChI=1S/C21H25N5O8S2/c1-5-10(11-8-36-19(23-11)25-20(32)34-21(2,3)4)14(27)24-12-15(28)26-13(17(29)30)9(6-33-18(22)31)7-35-16(12)26/h5,8,12,16H,6-7H2,1-4H3,(H2,22,31)(H,24,27)(H,29,30)(H,23,25,32)/b10-5-/t12?,16-/m1/s1. The smallest absolute Gasteiger partial charge is 0.413 e. The van der Waals surface area contributed by atoms with Crippen molar-refractivity contribution in [1.82, 2.24) is 15.2 Å². The summed E-state index contributed by atoms with van der Waals surface area (Å²) in [6.07, 6.45) is -0.240. The zero-order chi connectivity index (χ0) is 26.8. The minimum atomic E-state index is -1.36. The van der Waals surface area contributed by atoms with Gasteiger partial charge in [-0.1, -0.05) is 6.08 Å². The number of primary amides is 1. The first-order valence-corrected chi connectivity index (χ1v) is 12.5. The zero-order valence-corrected chi connectivity index (χ0v) is 21.4. The van der Waals surface area contributed by atoms with E-state index in [0.29, 0.717) is 0 Å². The largest absolute Gasteiger partial charge is 0.477 e. The minimum absolute atomic E-state index is 0.165. The molecule has 1 unspecified atom stereocenters. The Morgan fingerprint density at radius 2 is 2.03 bits per heavy atom. The molecule has 13 nitrogen and oxygen atoms in total. The highest BCUT2D eigenvalue weighted by atomic mass is 32.2. The zero-order valence-electron chi connectivity index (χ0n) is 19.8. The van der Waals surface area contributed by atoms with Crippen LogP contribution < -0.4 is 16.4 Å². The fourth-order valence-corrected chi connectivity index (χ4v) is 5.44. The molecule has 1 fully saturated rings. The second kappa shape index (κ2) is 10.6. The number of hydrogen-bond acceptors (Lipinski definition) is 10. The summed E-state index contributed by atoms with van der Waals surface area (Å²) < 4.78 is 9.87. The van der Waals surface area contributed by atoms with Gasteiger partial charge < -0.3 is 25.6 Å². The lowest BCUT2D eigenvalue weighted by Crippen LogP contribution is -2.70. The van der Waals surface area contributed by atoms with Gasteiger partial charge in [0.15, 0.2) is 5.13 Å². The van der Waals surface area contributed by atoms with Crippen LogP contribution in [0.5, 0.6) is 0 Å². The number of aromatic nitrogens is 1. The molecule has 2 atom stereocenters. The lowest BCUT2D eigenvalue weighted by atomic mass is 10.0. The number of β-lactam (4-membered cyclic amide) rings is 1. The molecule has 0 bridgehead atoms. The first-order chi connectivity index (χ1) is 16.8. The molecule has 15 heteroatoms. The molecule has 4 amide bonds. The van der Waals surface area contributed by atoms with Crippen LogP contribution in [-0.4, -0.2) is 74.3 Å². The number of carbonyl (C=O) groups is 5. The third kappa shape index (κ3) is 5.96. The number of nitrogens with one attached hydrogen (secondary N) is 2. The van der Waals surface area contributed by atoms with E-state index in [0.717, 1.165) is 16.2 Å². The molecule has 3 rings (SSSR count). The maximum absolute atomic E-state index is 13.0. The molecule has 5 N–H and O–H groups in total. The Balaban J connectivity index is 1.68. The van der Waals surface area contributed by atoms with Crippen LogP contribution in [-0.2, 0) is 23.9 Å². The number of carboxylic acids is 1. The summed E-state index contributed by atoms with van der Waals surface area (Å²) in [5, 5.41) is 15.9. The quantitative estimate of drug-likeness (QED) is 0.293.